The Morgan fingerprint density at radius 3 is 1.31 bits per heavy atom. The van der Waals surface area contributed by atoms with E-state index < -0.39 is 0 Å². The van der Waals surface area contributed by atoms with Crippen LogP contribution in [0.5, 0.6) is 0 Å². The van der Waals surface area contributed by atoms with E-state index in [0.29, 0.717) is 0 Å². The van der Waals surface area contributed by atoms with E-state index >= 15 is 0 Å². The fourth-order valence-corrected chi connectivity index (χ4v) is 1.52. The second-order valence-corrected chi connectivity index (χ2v) is 4.50. The molecule has 0 radical (unpaired) electrons. The Morgan fingerprint density at radius 1 is 0.688 bits per heavy atom. The van der Waals surface area contributed by atoms with Crippen LogP contribution in [0.4, 0.5) is 0 Å². The van der Waals surface area contributed by atoms with Crippen molar-refractivity contribution in [3.05, 3.63) is 35.4 Å². The van der Waals surface area contributed by atoms with Crippen molar-refractivity contribution in [3.63, 3.8) is 0 Å². The number of rotatable bonds is 5. The van der Waals surface area contributed by atoms with Gasteiger partial charge in [0.25, 0.3) is 0 Å². The number of hydrogen-bond acceptors (Lipinski definition) is 0. The second-order valence-electron chi connectivity index (χ2n) is 4.50. The SMILES string of the molecule is CCCCCCCC.Cc1ccccc1C. The smallest absolute Gasteiger partial charge is 0.0395 e. The average molecular weight is 220 g/mol. The molecule has 0 N–H and O–H groups in total. The van der Waals surface area contributed by atoms with Gasteiger partial charge in [-0.2, -0.15) is 0 Å². The van der Waals surface area contributed by atoms with Crippen LogP contribution in [0.1, 0.15) is 63.5 Å². The van der Waals surface area contributed by atoms with Gasteiger partial charge in [-0.05, 0) is 25.0 Å². The maximum absolute atomic E-state index is 2.26. The summed E-state index contributed by atoms with van der Waals surface area (Å²) in [6.45, 7) is 8.75. The topological polar surface area (TPSA) is 0 Å². The van der Waals surface area contributed by atoms with E-state index in [2.05, 4.69) is 52.0 Å². The Labute approximate surface area is 102 Å². The predicted octanol–water partition coefficient (Wildman–Crippen LogP) is 5.67. The molecule has 0 heteroatoms. The lowest BCUT2D eigenvalue weighted by molar-refractivity contribution is 0.624. The first-order valence-electron chi connectivity index (χ1n) is 6.74. The van der Waals surface area contributed by atoms with Crippen molar-refractivity contribution in [2.45, 2.75) is 66.2 Å². The first-order valence-corrected chi connectivity index (χ1v) is 6.74. The summed E-state index contributed by atoms with van der Waals surface area (Å²) in [5.41, 5.74) is 2.74. The minimum atomic E-state index is 1.36. The quantitative estimate of drug-likeness (QED) is 0.561. The van der Waals surface area contributed by atoms with Crippen molar-refractivity contribution >= 4 is 0 Å². The van der Waals surface area contributed by atoms with E-state index in [4.69, 9.17) is 0 Å². The lowest BCUT2D eigenvalue weighted by Crippen LogP contribution is -1.74. The zero-order valence-electron chi connectivity index (χ0n) is 11.6. The highest BCUT2D eigenvalue weighted by molar-refractivity contribution is 5.23. The number of hydrogen-bond donors (Lipinski definition) is 0. The average Bonchev–Trinajstić information content (AvgIpc) is 2.30. The van der Waals surface area contributed by atoms with Crippen LogP contribution in [0, 0.1) is 13.8 Å². The molecule has 0 unspecified atom stereocenters. The lowest BCUT2D eigenvalue weighted by atomic mass is 10.1. The van der Waals surface area contributed by atoms with E-state index in [1.54, 1.807) is 0 Å². The molecule has 0 aliphatic heterocycles. The van der Waals surface area contributed by atoms with Gasteiger partial charge in [0, 0.05) is 0 Å². The molecule has 0 nitrogen and oxygen atoms in total. The predicted molar refractivity (Wildman–Crippen MR) is 75.0 cm³/mol. The largest absolute Gasteiger partial charge is 0.0654 e. The maximum atomic E-state index is 2.26. The first-order chi connectivity index (χ1) is 7.72. The van der Waals surface area contributed by atoms with Crippen molar-refractivity contribution in [2.75, 3.05) is 0 Å². The molecule has 0 fully saturated rings. The van der Waals surface area contributed by atoms with Gasteiger partial charge in [0.2, 0.25) is 0 Å². The highest BCUT2D eigenvalue weighted by Gasteiger charge is 1.84. The minimum Gasteiger partial charge on any atom is -0.0654 e. The Hall–Kier alpha value is -0.780. The Kier molecular flexibility index (Phi) is 10.2. The van der Waals surface area contributed by atoms with Gasteiger partial charge in [-0.1, -0.05) is 76.6 Å². The van der Waals surface area contributed by atoms with Crippen LogP contribution in [-0.4, -0.2) is 0 Å². The van der Waals surface area contributed by atoms with Crippen LogP contribution >= 0.6 is 0 Å². The molecule has 0 saturated carbocycles. The summed E-state index contributed by atoms with van der Waals surface area (Å²) in [6.07, 6.45) is 8.49. The third-order valence-corrected chi connectivity index (χ3v) is 2.88. The van der Waals surface area contributed by atoms with Crippen molar-refractivity contribution < 1.29 is 0 Å². The number of unbranched alkanes of at least 4 members (excludes halogenated alkanes) is 5. The molecule has 1 aromatic carbocycles. The van der Waals surface area contributed by atoms with Crippen LogP contribution in [-0.2, 0) is 0 Å². The summed E-state index contributed by atoms with van der Waals surface area (Å²) < 4.78 is 0. The van der Waals surface area contributed by atoms with Crippen LogP contribution in [0.25, 0.3) is 0 Å². The van der Waals surface area contributed by atoms with Crippen molar-refractivity contribution in [2.24, 2.45) is 0 Å². The summed E-state index contributed by atoms with van der Waals surface area (Å²) in [7, 11) is 0. The molecule has 0 aromatic heterocycles. The minimum absolute atomic E-state index is 1.36. The van der Waals surface area contributed by atoms with Gasteiger partial charge in [-0.25, -0.2) is 0 Å². The monoisotopic (exact) mass is 220 g/mol. The van der Waals surface area contributed by atoms with Crippen molar-refractivity contribution in [1.82, 2.24) is 0 Å². The molecule has 0 spiro atoms. The van der Waals surface area contributed by atoms with Crippen molar-refractivity contribution in [1.29, 1.82) is 0 Å². The van der Waals surface area contributed by atoms with E-state index in [1.807, 2.05) is 0 Å². The third kappa shape index (κ3) is 8.52. The van der Waals surface area contributed by atoms with Gasteiger partial charge in [-0.15, -0.1) is 0 Å². The molecule has 16 heavy (non-hydrogen) atoms. The molecular weight excluding hydrogens is 192 g/mol. The zero-order chi connectivity index (χ0) is 12.2. The number of benzene rings is 1. The molecule has 0 heterocycles. The summed E-state index contributed by atoms with van der Waals surface area (Å²) in [4.78, 5) is 0. The van der Waals surface area contributed by atoms with E-state index in [-0.39, 0.29) is 0 Å². The molecule has 0 aliphatic rings. The Morgan fingerprint density at radius 2 is 1.06 bits per heavy atom. The fraction of sp³-hybridized carbons (Fsp3) is 0.625. The fourth-order valence-electron chi connectivity index (χ4n) is 1.52. The molecule has 0 atom stereocenters. The highest BCUT2D eigenvalue weighted by Crippen LogP contribution is 2.03. The van der Waals surface area contributed by atoms with E-state index in [1.165, 1.54) is 49.7 Å². The second kappa shape index (κ2) is 10.7. The van der Waals surface area contributed by atoms with Crippen LogP contribution < -0.4 is 0 Å². The summed E-state index contributed by atoms with van der Waals surface area (Å²) in [5, 5.41) is 0. The van der Waals surface area contributed by atoms with Gasteiger partial charge < -0.3 is 0 Å². The lowest BCUT2D eigenvalue weighted by Gasteiger charge is -1.93. The molecule has 0 aliphatic carbocycles. The first kappa shape index (κ1) is 15.2. The number of aryl methyl sites for hydroxylation is 2. The Balaban J connectivity index is 0.000000281. The third-order valence-electron chi connectivity index (χ3n) is 2.88. The summed E-state index contributed by atoms with van der Waals surface area (Å²) >= 11 is 0. The molecule has 0 bridgehead atoms. The molecule has 1 aromatic rings. The van der Waals surface area contributed by atoms with Gasteiger partial charge in [0.05, 0.1) is 0 Å². The van der Waals surface area contributed by atoms with Gasteiger partial charge in [0.15, 0.2) is 0 Å². The van der Waals surface area contributed by atoms with Gasteiger partial charge in [0.1, 0.15) is 0 Å². The van der Waals surface area contributed by atoms with Crippen molar-refractivity contribution in [3.8, 4) is 0 Å². The molecule has 92 valence electrons. The molecule has 1 rings (SSSR count). The summed E-state index contributed by atoms with van der Waals surface area (Å²) in [5.74, 6) is 0. The highest BCUT2D eigenvalue weighted by atomic mass is 13.9. The normalized spacial score (nSPS) is 9.50. The zero-order valence-corrected chi connectivity index (χ0v) is 11.6. The maximum Gasteiger partial charge on any atom is -0.0395 e. The summed E-state index contributed by atoms with van der Waals surface area (Å²) in [6, 6.07) is 8.36. The van der Waals surface area contributed by atoms with Gasteiger partial charge >= 0.3 is 0 Å². The molecule has 0 amide bonds. The van der Waals surface area contributed by atoms with Crippen LogP contribution in [0.15, 0.2) is 24.3 Å². The Bertz CT molecular complexity index is 223. The van der Waals surface area contributed by atoms with Crippen LogP contribution in [0.2, 0.25) is 0 Å². The van der Waals surface area contributed by atoms with E-state index in [0.717, 1.165) is 0 Å². The molecule has 0 saturated heterocycles. The van der Waals surface area contributed by atoms with E-state index in [9.17, 15) is 0 Å². The van der Waals surface area contributed by atoms with Gasteiger partial charge in [-0.3, -0.25) is 0 Å². The standard InChI is InChI=1S/C8H10.C8H18/c1-7-5-3-4-6-8(7)2;1-3-5-7-8-6-4-2/h3-6H,1-2H3;3-8H2,1-2H3. The molecular formula is C16H28. The van der Waals surface area contributed by atoms with Crippen LogP contribution in [0.3, 0.4) is 0 Å².